The van der Waals surface area contributed by atoms with E-state index < -0.39 is 11.6 Å². The van der Waals surface area contributed by atoms with Gasteiger partial charge in [-0.25, -0.2) is 13.8 Å². The van der Waals surface area contributed by atoms with Gasteiger partial charge in [0.05, 0.1) is 54.4 Å². The van der Waals surface area contributed by atoms with Gasteiger partial charge in [0.2, 0.25) is 5.95 Å². The Labute approximate surface area is 408 Å². The van der Waals surface area contributed by atoms with Crippen molar-refractivity contribution in [2.45, 2.75) is 58.2 Å². The molecular weight excluding hydrogens is 914 g/mol. The Morgan fingerprint density at radius 3 is 2.50 bits per heavy atom. The van der Waals surface area contributed by atoms with E-state index in [2.05, 4.69) is 57.7 Å². The van der Waals surface area contributed by atoms with Crippen LogP contribution in [0.3, 0.4) is 0 Å². The van der Waals surface area contributed by atoms with Crippen molar-refractivity contribution in [1.29, 1.82) is 0 Å². The molecule has 358 valence electrons. The summed E-state index contributed by atoms with van der Waals surface area (Å²) in [5.41, 5.74) is 10.0. The molecular formula is C52H51ClF2N12O3. The van der Waals surface area contributed by atoms with Crippen molar-refractivity contribution in [1.82, 2.24) is 49.6 Å². The van der Waals surface area contributed by atoms with Crippen molar-refractivity contribution in [3.8, 4) is 53.0 Å². The van der Waals surface area contributed by atoms with E-state index in [9.17, 15) is 5.11 Å². The number of hydrogen-bond acceptors (Lipinski definition) is 14. The summed E-state index contributed by atoms with van der Waals surface area (Å²) in [6.45, 7) is 11.0. The van der Waals surface area contributed by atoms with E-state index in [1.54, 1.807) is 19.5 Å². The summed E-state index contributed by atoms with van der Waals surface area (Å²) in [7, 11) is 1.66. The number of benzene rings is 2. The van der Waals surface area contributed by atoms with Crippen molar-refractivity contribution in [2.24, 2.45) is 5.41 Å². The Bertz CT molecular complexity index is 3340. The number of rotatable bonds is 11. The first-order chi connectivity index (χ1) is 33.9. The molecule has 2 aromatic carbocycles. The van der Waals surface area contributed by atoms with E-state index in [0.717, 1.165) is 81.0 Å². The molecule has 5 aromatic heterocycles. The quantitative estimate of drug-likeness (QED) is 0.0934. The number of methoxy groups -OCH3 is 1. The minimum Gasteiger partial charge on any atom is -0.508 e. The number of aryl methyl sites for hydroxylation is 1. The lowest BCUT2D eigenvalue weighted by Crippen LogP contribution is -2.51. The van der Waals surface area contributed by atoms with Crippen LogP contribution in [0.5, 0.6) is 17.5 Å². The van der Waals surface area contributed by atoms with Crippen molar-refractivity contribution < 1.29 is 23.4 Å². The number of nitrogens with one attached hydrogen (secondary N) is 1. The number of phenols is 1. The molecule has 1 aliphatic carbocycles. The molecule has 2 bridgehead atoms. The van der Waals surface area contributed by atoms with Crippen molar-refractivity contribution in [2.75, 3.05) is 76.7 Å². The highest BCUT2D eigenvalue weighted by Gasteiger charge is 2.45. The van der Waals surface area contributed by atoms with Gasteiger partial charge in [-0.15, -0.1) is 6.42 Å². The second kappa shape index (κ2) is 18.1. The number of nitrogen functional groups attached to an aromatic ring is 1. The van der Waals surface area contributed by atoms with E-state index >= 15 is 8.78 Å². The highest BCUT2D eigenvalue weighted by Crippen LogP contribution is 2.47. The molecule has 8 heterocycles. The van der Waals surface area contributed by atoms with Gasteiger partial charge in [0.25, 0.3) is 0 Å². The Hall–Kier alpha value is -6.89. The van der Waals surface area contributed by atoms with Gasteiger partial charge in [-0.2, -0.15) is 15.0 Å². The lowest BCUT2D eigenvalue weighted by molar-refractivity contribution is 0.102. The van der Waals surface area contributed by atoms with Gasteiger partial charge in [-0.1, -0.05) is 35.4 Å². The van der Waals surface area contributed by atoms with Gasteiger partial charge in [0, 0.05) is 104 Å². The zero-order valence-electron chi connectivity index (χ0n) is 39.1. The molecule has 3 saturated heterocycles. The molecule has 2 unspecified atom stereocenters. The normalized spacial score (nSPS) is 18.8. The average Bonchev–Trinajstić information content (AvgIpc) is 3.91. The van der Waals surface area contributed by atoms with Crippen LogP contribution in [0, 0.1) is 55.1 Å². The number of hydrogen-bond donors (Lipinski definition) is 3. The van der Waals surface area contributed by atoms with Gasteiger partial charge in [0.15, 0.2) is 5.82 Å². The molecule has 18 heteroatoms. The number of nitrogens with zero attached hydrogens (tertiary/aromatic N) is 10. The summed E-state index contributed by atoms with van der Waals surface area (Å²) in [5, 5.41) is 16.4. The molecule has 2 atom stereocenters. The number of pyridine rings is 2. The molecule has 4 N–H and O–H groups in total. The molecule has 3 aliphatic heterocycles. The molecule has 4 fully saturated rings. The predicted molar refractivity (Wildman–Crippen MR) is 265 cm³/mol. The predicted octanol–water partition coefficient (Wildman–Crippen LogP) is 6.63. The lowest BCUT2D eigenvalue weighted by Gasteiger charge is -2.36. The number of nitrogens with two attached hydrogens (primary N) is 1. The Morgan fingerprint density at radius 2 is 1.76 bits per heavy atom. The van der Waals surface area contributed by atoms with Crippen LogP contribution >= 0.6 is 11.6 Å². The number of halogens is 3. The second-order valence-corrected chi connectivity index (χ2v) is 19.5. The maximum Gasteiger partial charge on any atom is 0.319 e. The average molecular weight is 966 g/mol. The summed E-state index contributed by atoms with van der Waals surface area (Å²) < 4.78 is 46.3. The summed E-state index contributed by atoms with van der Waals surface area (Å²) in [4.78, 5) is 34.6. The molecule has 7 aromatic rings. The van der Waals surface area contributed by atoms with E-state index in [1.807, 2.05) is 24.6 Å². The number of anilines is 2. The first kappa shape index (κ1) is 45.5. The Balaban J connectivity index is 0.791. The van der Waals surface area contributed by atoms with Gasteiger partial charge in [-0.3, -0.25) is 14.9 Å². The maximum atomic E-state index is 17.1. The third-order valence-electron chi connectivity index (χ3n) is 14.4. The third kappa shape index (κ3) is 8.51. The standard InChI is InChI=1S/C52H51ClF2N12O3/c1-5-36-39(54)11-8-31-19-35(68)20-37(41(31)36)44-43(55)45-38(22-58-44)48(67-24-33-9-10-34(25-67)59-33)63-51(60-45)70-28-52(12-13-52)27-65-17-15-64(16-18-65)14-6-7-32-23-66(49-42(32)47(53)61-50(56)62-49)26-40-30(3)46(69-4)29(2)21-57-40/h1,8,11,19-23,33-34,59,68H,9-10,12-18,24-28H2,2-4H3,(H2,56,61,62). The first-order valence-corrected chi connectivity index (χ1v) is 23.9. The number of fused-ring (bicyclic) bond motifs is 5. The number of aromatic hydroxyl groups is 1. The minimum absolute atomic E-state index is 0.0256. The van der Waals surface area contributed by atoms with E-state index in [-0.39, 0.29) is 68.1 Å². The van der Waals surface area contributed by atoms with Crippen LogP contribution < -0.4 is 25.4 Å². The zero-order chi connectivity index (χ0) is 48.4. The van der Waals surface area contributed by atoms with Gasteiger partial charge < -0.3 is 40.0 Å². The highest BCUT2D eigenvalue weighted by molar-refractivity contribution is 6.34. The van der Waals surface area contributed by atoms with Crippen LogP contribution in [-0.2, 0) is 6.54 Å². The third-order valence-corrected chi connectivity index (χ3v) is 14.7. The molecule has 70 heavy (non-hydrogen) atoms. The SMILES string of the molecule is C#Cc1c(F)ccc2cc(O)cc(-c3ncc4c(N5CC6CCC(C5)N6)nc(OCC5(CN6CCN(CC#Cc7cn(Cc8ncc(C)c(OC)c8C)c8nc(N)nc(Cl)c78)CC6)CC5)nc4c3F)c12. The largest absolute Gasteiger partial charge is 0.508 e. The number of piperazine rings is 2. The Morgan fingerprint density at radius 1 is 0.986 bits per heavy atom. The number of ether oxygens (including phenoxy) is 2. The fourth-order valence-electron chi connectivity index (χ4n) is 10.6. The molecule has 15 nitrogen and oxygen atoms in total. The fourth-order valence-corrected chi connectivity index (χ4v) is 10.8. The van der Waals surface area contributed by atoms with Gasteiger partial charge in [0.1, 0.15) is 45.1 Å². The maximum absolute atomic E-state index is 17.1. The molecule has 0 radical (unpaired) electrons. The van der Waals surface area contributed by atoms with Crippen LogP contribution in [0.4, 0.5) is 20.5 Å². The van der Waals surface area contributed by atoms with Crippen molar-refractivity contribution in [3.63, 3.8) is 0 Å². The zero-order valence-corrected chi connectivity index (χ0v) is 39.9. The van der Waals surface area contributed by atoms with E-state index in [0.29, 0.717) is 66.0 Å². The minimum atomic E-state index is -0.742. The van der Waals surface area contributed by atoms with Crippen LogP contribution in [-0.4, -0.2) is 128 Å². The smallest absolute Gasteiger partial charge is 0.319 e. The van der Waals surface area contributed by atoms with Gasteiger partial charge in [-0.05, 0) is 63.1 Å². The van der Waals surface area contributed by atoms with Crippen LogP contribution in [0.2, 0.25) is 5.15 Å². The van der Waals surface area contributed by atoms with Crippen LogP contribution in [0.1, 0.15) is 53.6 Å². The summed E-state index contributed by atoms with van der Waals surface area (Å²) >= 11 is 6.66. The number of phenolic OH excluding ortho intramolecular Hbond substituents is 1. The topological polar surface area (TPSA) is 169 Å². The van der Waals surface area contributed by atoms with E-state index in [4.69, 9.17) is 43.2 Å². The monoisotopic (exact) mass is 964 g/mol. The molecule has 1 saturated carbocycles. The van der Waals surface area contributed by atoms with Crippen LogP contribution in [0.15, 0.2) is 42.9 Å². The second-order valence-electron chi connectivity index (χ2n) is 19.1. The molecule has 11 rings (SSSR count). The first-order valence-electron chi connectivity index (χ1n) is 23.5. The lowest BCUT2D eigenvalue weighted by atomic mass is 9.96. The summed E-state index contributed by atoms with van der Waals surface area (Å²) in [6, 6.07) is 6.20. The van der Waals surface area contributed by atoms with Crippen LogP contribution in [0.25, 0.3) is 44.0 Å². The number of aromatic nitrogens is 7. The van der Waals surface area contributed by atoms with Gasteiger partial charge >= 0.3 is 6.01 Å². The Kier molecular flexibility index (Phi) is 11.8. The molecule has 0 spiro atoms. The fraction of sp³-hybridized carbons (Fsp3) is 0.385. The number of terminal acetylenes is 1. The summed E-state index contributed by atoms with van der Waals surface area (Å²) in [6.07, 6.45) is 15.1. The summed E-state index contributed by atoms with van der Waals surface area (Å²) in [5.74, 6) is 9.05. The van der Waals surface area contributed by atoms with Crippen molar-refractivity contribution >= 4 is 56.1 Å². The highest BCUT2D eigenvalue weighted by atomic mass is 35.5. The molecule has 4 aliphatic rings. The molecule has 0 amide bonds. The van der Waals surface area contributed by atoms with E-state index in [1.165, 1.54) is 24.3 Å². The van der Waals surface area contributed by atoms with Crippen molar-refractivity contribution in [3.05, 3.63) is 87.6 Å².